The van der Waals surface area contributed by atoms with E-state index in [0.717, 1.165) is 31.3 Å². The molecule has 0 bridgehead atoms. The van der Waals surface area contributed by atoms with Crippen LogP contribution in [0.15, 0.2) is 23.2 Å². The van der Waals surface area contributed by atoms with Crippen molar-refractivity contribution in [2.45, 2.75) is 19.9 Å². The zero-order valence-electron chi connectivity index (χ0n) is 12.8. The van der Waals surface area contributed by atoms with E-state index in [4.69, 9.17) is 9.47 Å². The van der Waals surface area contributed by atoms with E-state index in [2.05, 4.69) is 28.6 Å². The molecule has 5 nitrogen and oxygen atoms in total. The second kappa shape index (κ2) is 9.20. The third-order valence-electron chi connectivity index (χ3n) is 2.85. The summed E-state index contributed by atoms with van der Waals surface area (Å²) >= 11 is 0. The van der Waals surface area contributed by atoms with Crippen molar-refractivity contribution in [2.75, 3.05) is 34.4 Å². The molecule has 2 N–H and O–H groups in total. The first-order valence-electron chi connectivity index (χ1n) is 6.77. The van der Waals surface area contributed by atoms with Crippen LogP contribution < -0.4 is 15.4 Å². The van der Waals surface area contributed by atoms with Crippen molar-refractivity contribution in [3.63, 3.8) is 0 Å². The topological polar surface area (TPSA) is 54.9 Å². The van der Waals surface area contributed by atoms with Crippen molar-refractivity contribution >= 4 is 5.96 Å². The first kappa shape index (κ1) is 16.3. The Kier molecular flexibility index (Phi) is 7.50. The van der Waals surface area contributed by atoms with Crippen LogP contribution >= 0.6 is 0 Å². The first-order valence-corrected chi connectivity index (χ1v) is 6.77. The molecule has 5 heteroatoms. The molecule has 0 aliphatic carbocycles. The van der Waals surface area contributed by atoms with Gasteiger partial charge in [0, 0.05) is 33.9 Å². The molecule has 0 unspecified atom stereocenters. The van der Waals surface area contributed by atoms with Crippen molar-refractivity contribution in [1.82, 2.24) is 10.6 Å². The minimum Gasteiger partial charge on any atom is -0.497 e. The van der Waals surface area contributed by atoms with Gasteiger partial charge in [0.15, 0.2) is 5.96 Å². The number of rotatable bonds is 7. The molecule has 0 spiro atoms. The highest BCUT2D eigenvalue weighted by atomic mass is 16.5. The monoisotopic (exact) mass is 279 g/mol. The molecule has 1 aromatic carbocycles. The zero-order chi connectivity index (χ0) is 14.8. The van der Waals surface area contributed by atoms with E-state index in [-0.39, 0.29) is 0 Å². The van der Waals surface area contributed by atoms with E-state index < -0.39 is 0 Å². The molecule has 0 fully saturated rings. The van der Waals surface area contributed by atoms with Crippen LogP contribution in [-0.2, 0) is 11.3 Å². The number of guanidine groups is 1. The first-order chi connectivity index (χ1) is 9.69. The molecule has 0 atom stereocenters. The van der Waals surface area contributed by atoms with Gasteiger partial charge in [0.25, 0.3) is 0 Å². The molecule has 0 aromatic heterocycles. The SMILES string of the molecule is CN=C(NCCCOC)NCc1cc(C)cc(OC)c1. The summed E-state index contributed by atoms with van der Waals surface area (Å²) in [7, 11) is 5.16. The summed E-state index contributed by atoms with van der Waals surface area (Å²) in [6, 6.07) is 6.17. The lowest BCUT2D eigenvalue weighted by molar-refractivity contribution is 0.195. The summed E-state index contributed by atoms with van der Waals surface area (Å²) in [5, 5.41) is 6.53. The number of aryl methyl sites for hydroxylation is 1. The van der Waals surface area contributed by atoms with Gasteiger partial charge in [-0.3, -0.25) is 4.99 Å². The molecule has 0 saturated heterocycles. The van der Waals surface area contributed by atoms with E-state index in [0.29, 0.717) is 6.54 Å². The van der Waals surface area contributed by atoms with Gasteiger partial charge in [0.2, 0.25) is 0 Å². The van der Waals surface area contributed by atoms with Crippen molar-refractivity contribution in [1.29, 1.82) is 0 Å². The second-order valence-corrected chi connectivity index (χ2v) is 4.56. The van der Waals surface area contributed by atoms with Gasteiger partial charge >= 0.3 is 0 Å². The van der Waals surface area contributed by atoms with Gasteiger partial charge in [0.05, 0.1) is 7.11 Å². The number of nitrogens with one attached hydrogen (secondary N) is 2. The molecule has 112 valence electrons. The Hall–Kier alpha value is -1.75. The van der Waals surface area contributed by atoms with Crippen molar-refractivity contribution in [3.8, 4) is 5.75 Å². The van der Waals surface area contributed by atoms with Crippen molar-refractivity contribution in [2.24, 2.45) is 4.99 Å². The molecular weight excluding hydrogens is 254 g/mol. The number of nitrogens with zero attached hydrogens (tertiary/aromatic N) is 1. The summed E-state index contributed by atoms with van der Waals surface area (Å²) in [6.07, 6.45) is 0.954. The molecule has 0 aliphatic rings. The van der Waals surface area contributed by atoms with Gasteiger partial charge < -0.3 is 20.1 Å². The lowest BCUT2D eigenvalue weighted by Crippen LogP contribution is -2.37. The van der Waals surface area contributed by atoms with E-state index in [1.54, 1.807) is 21.3 Å². The fraction of sp³-hybridized carbons (Fsp3) is 0.533. The lowest BCUT2D eigenvalue weighted by Gasteiger charge is -2.13. The van der Waals surface area contributed by atoms with Crippen LogP contribution in [0.1, 0.15) is 17.5 Å². The number of aliphatic imine (C=N–C) groups is 1. The Balaban J connectivity index is 2.46. The molecule has 0 aliphatic heterocycles. The Morgan fingerprint density at radius 1 is 1.20 bits per heavy atom. The largest absolute Gasteiger partial charge is 0.497 e. The Labute approximate surface area is 121 Å². The Bertz CT molecular complexity index is 433. The highest BCUT2D eigenvalue weighted by Crippen LogP contribution is 2.16. The van der Waals surface area contributed by atoms with Crippen LogP contribution in [0.3, 0.4) is 0 Å². The number of hydrogen-bond acceptors (Lipinski definition) is 3. The fourth-order valence-electron chi connectivity index (χ4n) is 1.87. The normalized spacial score (nSPS) is 11.3. The van der Waals surface area contributed by atoms with Gasteiger partial charge in [0.1, 0.15) is 5.75 Å². The molecule has 0 amide bonds. The van der Waals surface area contributed by atoms with Gasteiger partial charge in [-0.2, -0.15) is 0 Å². The van der Waals surface area contributed by atoms with Crippen molar-refractivity contribution < 1.29 is 9.47 Å². The average molecular weight is 279 g/mol. The standard InChI is InChI=1S/C15H25N3O2/c1-12-8-13(10-14(9-12)20-4)11-18-15(16-2)17-6-5-7-19-3/h8-10H,5-7,11H2,1-4H3,(H2,16,17,18). The maximum atomic E-state index is 5.27. The molecule has 0 radical (unpaired) electrons. The number of ether oxygens (including phenoxy) is 2. The lowest BCUT2D eigenvalue weighted by atomic mass is 10.1. The zero-order valence-corrected chi connectivity index (χ0v) is 12.8. The third-order valence-corrected chi connectivity index (χ3v) is 2.85. The van der Waals surface area contributed by atoms with E-state index >= 15 is 0 Å². The van der Waals surface area contributed by atoms with Gasteiger partial charge in [-0.05, 0) is 36.6 Å². The number of benzene rings is 1. The van der Waals surface area contributed by atoms with Crippen LogP contribution in [-0.4, -0.2) is 40.4 Å². The van der Waals surface area contributed by atoms with Gasteiger partial charge in [-0.25, -0.2) is 0 Å². The van der Waals surface area contributed by atoms with E-state index in [1.165, 1.54) is 11.1 Å². The number of methoxy groups -OCH3 is 2. The molecule has 0 saturated carbocycles. The maximum Gasteiger partial charge on any atom is 0.191 e. The van der Waals surface area contributed by atoms with E-state index in [9.17, 15) is 0 Å². The van der Waals surface area contributed by atoms with Crippen LogP contribution in [0.25, 0.3) is 0 Å². The molecule has 0 heterocycles. The van der Waals surface area contributed by atoms with Gasteiger partial charge in [-0.1, -0.05) is 6.07 Å². The van der Waals surface area contributed by atoms with Gasteiger partial charge in [-0.15, -0.1) is 0 Å². The molecule has 1 rings (SSSR count). The van der Waals surface area contributed by atoms with Crippen LogP contribution in [0.2, 0.25) is 0 Å². The highest BCUT2D eigenvalue weighted by molar-refractivity contribution is 5.79. The van der Waals surface area contributed by atoms with E-state index in [1.807, 2.05) is 12.1 Å². The third kappa shape index (κ3) is 5.93. The molecule has 1 aromatic rings. The maximum absolute atomic E-state index is 5.27. The summed E-state index contributed by atoms with van der Waals surface area (Å²) < 4.78 is 10.3. The predicted octanol–water partition coefficient (Wildman–Crippen LogP) is 1.71. The average Bonchev–Trinajstić information content (AvgIpc) is 2.46. The Morgan fingerprint density at radius 2 is 2.00 bits per heavy atom. The smallest absolute Gasteiger partial charge is 0.191 e. The minimum absolute atomic E-state index is 0.710. The summed E-state index contributed by atoms with van der Waals surface area (Å²) in [6.45, 7) is 4.36. The van der Waals surface area contributed by atoms with Crippen LogP contribution in [0.5, 0.6) is 5.75 Å². The summed E-state index contributed by atoms with van der Waals surface area (Å²) in [5.41, 5.74) is 2.35. The predicted molar refractivity (Wildman–Crippen MR) is 82.4 cm³/mol. The van der Waals surface area contributed by atoms with Crippen LogP contribution in [0, 0.1) is 6.92 Å². The summed E-state index contributed by atoms with van der Waals surface area (Å²) in [5.74, 6) is 1.67. The van der Waals surface area contributed by atoms with Crippen molar-refractivity contribution in [3.05, 3.63) is 29.3 Å². The van der Waals surface area contributed by atoms with Crippen LogP contribution in [0.4, 0.5) is 0 Å². The molecule has 20 heavy (non-hydrogen) atoms. The molecular formula is C15H25N3O2. The fourth-order valence-corrected chi connectivity index (χ4v) is 1.87. The minimum atomic E-state index is 0.710. The number of hydrogen-bond donors (Lipinski definition) is 2. The quantitative estimate of drug-likeness (QED) is 0.453. The Morgan fingerprint density at radius 3 is 2.65 bits per heavy atom. The second-order valence-electron chi connectivity index (χ2n) is 4.56. The summed E-state index contributed by atoms with van der Waals surface area (Å²) in [4.78, 5) is 4.19. The highest BCUT2D eigenvalue weighted by Gasteiger charge is 2.01.